The van der Waals surface area contributed by atoms with Crippen molar-refractivity contribution in [1.82, 2.24) is 5.16 Å². The molecule has 0 saturated carbocycles. The van der Waals surface area contributed by atoms with Crippen LogP contribution in [0.4, 0.5) is 0 Å². The number of nitrogens with zero attached hydrogens (tertiary/aromatic N) is 1. The Kier molecular flexibility index (Phi) is 4.05. The summed E-state index contributed by atoms with van der Waals surface area (Å²) in [5, 5.41) is 13.7. The zero-order valence-electron chi connectivity index (χ0n) is 11.4. The molecule has 106 valence electrons. The number of esters is 1. The van der Waals surface area contributed by atoms with Crippen LogP contribution in [0.5, 0.6) is 5.75 Å². The highest BCUT2D eigenvalue weighted by Crippen LogP contribution is 2.31. The van der Waals surface area contributed by atoms with Crippen molar-refractivity contribution in [2.75, 3.05) is 14.2 Å². The third-order valence-electron chi connectivity index (χ3n) is 2.88. The molecule has 1 atom stereocenters. The van der Waals surface area contributed by atoms with E-state index < -0.39 is 12.1 Å². The van der Waals surface area contributed by atoms with Crippen molar-refractivity contribution in [3.05, 3.63) is 35.6 Å². The third-order valence-corrected chi connectivity index (χ3v) is 2.88. The quantitative estimate of drug-likeness (QED) is 0.863. The molecule has 0 radical (unpaired) electrons. The molecule has 0 aliphatic carbocycles. The number of aliphatic hydroxyl groups excluding tert-OH is 1. The summed E-state index contributed by atoms with van der Waals surface area (Å²) in [7, 11) is 2.81. The molecule has 0 amide bonds. The van der Waals surface area contributed by atoms with Crippen LogP contribution in [0.3, 0.4) is 0 Å². The fraction of sp³-hybridized carbons (Fsp3) is 0.286. The van der Waals surface area contributed by atoms with Crippen LogP contribution in [0.1, 0.15) is 29.1 Å². The van der Waals surface area contributed by atoms with Gasteiger partial charge in [0.05, 0.1) is 25.9 Å². The molecule has 1 N–H and O–H groups in total. The van der Waals surface area contributed by atoms with Gasteiger partial charge in [0.15, 0.2) is 0 Å². The number of ether oxygens (including phenoxy) is 2. The van der Waals surface area contributed by atoms with E-state index in [-0.39, 0.29) is 5.76 Å². The van der Waals surface area contributed by atoms with Gasteiger partial charge in [0.1, 0.15) is 11.4 Å². The number of hydrogen-bond donors (Lipinski definition) is 1. The highest BCUT2D eigenvalue weighted by Gasteiger charge is 2.26. The summed E-state index contributed by atoms with van der Waals surface area (Å²) in [4.78, 5) is 11.6. The second-order valence-electron chi connectivity index (χ2n) is 4.17. The molecule has 1 aromatic carbocycles. The Balaban J connectivity index is 2.50. The molecule has 0 fully saturated rings. The molecule has 0 saturated heterocycles. The molecule has 6 nitrogen and oxygen atoms in total. The predicted molar refractivity (Wildman–Crippen MR) is 70.5 cm³/mol. The van der Waals surface area contributed by atoms with Gasteiger partial charge >= 0.3 is 5.97 Å². The van der Waals surface area contributed by atoms with Gasteiger partial charge < -0.3 is 19.1 Å². The van der Waals surface area contributed by atoms with E-state index in [2.05, 4.69) is 9.89 Å². The highest BCUT2D eigenvalue weighted by molar-refractivity contribution is 5.90. The Morgan fingerprint density at radius 1 is 1.30 bits per heavy atom. The van der Waals surface area contributed by atoms with Crippen molar-refractivity contribution in [2.45, 2.75) is 13.0 Å². The summed E-state index contributed by atoms with van der Waals surface area (Å²) in [6, 6.07) is 7.05. The molecule has 2 aromatic rings. The van der Waals surface area contributed by atoms with E-state index in [1.807, 2.05) is 0 Å². The molecular formula is C14H15NO5. The van der Waals surface area contributed by atoms with E-state index in [4.69, 9.17) is 9.26 Å². The van der Waals surface area contributed by atoms with Gasteiger partial charge in [-0.25, -0.2) is 4.79 Å². The lowest BCUT2D eigenvalue weighted by Crippen LogP contribution is -2.05. The van der Waals surface area contributed by atoms with Gasteiger partial charge in [0.25, 0.3) is 5.76 Å². The van der Waals surface area contributed by atoms with Gasteiger partial charge in [-0.3, -0.25) is 0 Å². The SMILES string of the molecule is COC(=O)c1onc(-c2ccc(OC)cc2)c1C(C)O. The number of rotatable bonds is 4. The minimum atomic E-state index is -0.910. The van der Waals surface area contributed by atoms with Crippen LogP contribution in [0.25, 0.3) is 11.3 Å². The van der Waals surface area contributed by atoms with Crippen LogP contribution in [0.15, 0.2) is 28.8 Å². The van der Waals surface area contributed by atoms with Crippen LogP contribution >= 0.6 is 0 Å². The van der Waals surface area contributed by atoms with E-state index in [0.717, 1.165) is 0 Å². The van der Waals surface area contributed by atoms with Gasteiger partial charge in [-0.05, 0) is 31.2 Å². The second-order valence-corrected chi connectivity index (χ2v) is 4.17. The van der Waals surface area contributed by atoms with Crippen molar-refractivity contribution >= 4 is 5.97 Å². The van der Waals surface area contributed by atoms with E-state index in [1.54, 1.807) is 31.4 Å². The number of carbonyl (C=O) groups is 1. The van der Waals surface area contributed by atoms with Gasteiger partial charge in [-0.2, -0.15) is 0 Å². The standard InChI is InChI=1S/C14H15NO5/c1-8(16)11-12(15-20-13(11)14(17)19-3)9-4-6-10(18-2)7-5-9/h4-8,16H,1-3H3. The van der Waals surface area contributed by atoms with Crippen LogP contribution in [0.2, 0.25) is 0 Å². The molecule has 6 heteroatoms. The largest absolute Gasteiger partial charge is 0.497 e. The smallest absolute Gasteiger partial charge is 0.377 e. The third kappa shape index (κ3) is 2.50. The van der Waals surface area contributed by atoms with Crippen molar-refractivity contribution in [2.24, 2.45) is 0 Å². The number of benzene rings is 1. The fourth-order valence-electron chi connectivity index (χ4n) is 1.88. The van der Waals surface area contributed by atoms with Crippen LogP contribution in [0, 0.1) is 0 Å². The summed E-state index contributed by atoms with van der Waals surface area (Å²) in [5.41, 5.74) is 1.42. The fourth-order valence-corrected chi connectivity index (χ4v) is 1.88. The first-order chi connectivity index (χ1) is 9.58. The van der Waals surface area contributed by atoms with Crippen molar-refractivity contribution < 1.29 is 23.9 Å². The van der Waals surface area contributed by atoms with E-state index in [0.29, 0.717) is 22.6 Å². The lowest BCUT2D eigenvalue weighted by atomic mass is 10.0. The van der Waals surface area contributed by atoms with Gasteiger partial charge in [-0.15, -0.1) is 0 Å². The first kappa shape index (κ1) is 14.1. The molecule has 1 aromatic heterocycles. The predicted octanol–water partition coefficient (Wildman–Crippen LogP) is 2.19. The molecule has 1 unspecified atom stereocenters. The summed E-state index contributed by atoms with van der Waals surface area (Å²) in [5.74, 6) is -0.0643. The van der Waals surface area contributed by atoms with Gasteiger partial charge in [0, 0.05) is 5.56 Å². The minimum Gasteiger partial charge on any atom is -0.497 e. The summed E-state index contributed by atoms with van der Waals surface area (Å²) >= 11 is 0. The lowest BCUT2D eigenvalue weighted by Gasteiger charge is -2.06. The molecule has 20 heavy (non-hydrogen) atoms. The number of carbonyl (C=O) groups excluding carboxylic acids is 1. The zero-order valence-corrected chi connectivity index (χ0v) is 11.4. The number of hydrogen-bond acceptors (Lipinski definition) is 6. The average molecular weight is 277 g/mol. The van der Waals surface area contributed by atoms with Gasteiger partial charge in [0.2, 0.25) is 0 Å². The highest BCUT2D eigenvalue weighted by atomic mass is 16.5. The number of methoxy groups -OCH3 is 2. The minimum absolute atomic E-state index is 0.0895. The monoisotopic (exact) mass is 277 g/mol. The molecule has 0 aliphatic rings. The van der Waals surface area contributed by atoms with E-state index in [1.165, 1.54) is 14.0 Å². The molecule has 0 aliphatic heterocycles. The summed E-state index contributed by atoms with van der Waals surface area (Å²) in [6.45, 7) is 1.53. The Bertz CT molecular complexity index is 601. The maximum atomic E-state index is 11.6. The van der Waals surface area contributed by atoms with Crippen LogP contribution < -0.4 is 4.74 Å². The van der Waals surface area contributed by atoms with E-state index in [9.17, 15) is 9.90 Å². The topological polar surface area (TPSA) is 81.8 Å². The van der Waals surface area contributed by atoms with Crippen molar-refractivity contribution in [1.29, 1.82) is 0 Å². The first-order valence-electron chi connectivity index (χ1n) is 5.98. The Hall–Kier alpha value is -2.34. The Morgan fingerprint density at radius 2 is 1.95 bits per heavy atom. The van der Waals surface area contributed by atoms with Crippen molar-refractivity contribution in [3.63, 3.8) is 0 Å². The zero-order chi connectivity index (χ0) is 14.7. The summed E-state index contributed by atoms with van der Waals surface area (Å²) in [6.07, 6.45) is -0.910. The van der Waals surface area contributed by atoms with Crippen molar-refractivity contribution in [3.8, 4) is 17.0 Å². The average Bonchev–Trinajstić information content (AvgIpc) is 2.91. The molecule has 0 bridgehead atoms. The maximum Gasteiger partial charge on any atom is 0.377 e. The van der Waals surface area contributed by atoms with E-state index >= 15 is 0 Å². The van der Waals surface area contributed by atoms with Crippen LogP contribution in [-0.4, -0.2) is 30.5 Å². The Morgan fingerprint density at radius 3 is 2.45 bits per heavy atom. The first-order valence-corrected chi connectivity index (χ1v) is 5.98. The molecule has 2 rings (SSSR count). The number of aromatic nitrogens is 1. The van der Waals surface area contributed by atoms with Gasteiger partial charge in [-0.1, -0.05) is 5.16 Å². The molecular weight excluding hydrogens is 262 g/mol. The summed E-state index contributed by atoms with van der Waals surface area (Å²) < 4.78 is 14.7. The Labute approximate surface area is 115 Å². The lowest BCUT2D eigenvalue weighted by molar-refractivity contribution is 0.0546. The second kappa shape index (κ2) is 5.75. The van der Waals surface area contributed by atoms with Crippen LogP contribution in [-0.2, 0) is 4.74 Å². The molecule has 0 spiro atoms. The molecule has 1 heterocycles. The normalized spacial score (nSPS) is 12.0. The maximum absolute atomic E-state index is 11.6. The number of aliphatic hydroxyl groups is 1.